The zero-order valence-corrected chi connectivity index (χ0v) is 14.6. The molecule has 0 saturated carbocycles. The van der Waals surface area contributed by atoms with Gasteiger partial charge in [0.1, 0.15) is 5.75 Å². The molecule has 2 N–H and O–H groups in total. The second-order valence-corrected chi connectivity index (χ2v) is 6.41. The Morgan fingerprint density at radius 2 is 1.96 bits per heavy atom. The molecule has 2 aromatic heterocycles. The van der Waals surface area contributed by atoms with Gasteiger partial charge in [-0.05, 0) is 37.3 Å². The van der Waals surface area contributed by atoms with Crippen molar-refractivity contribution < 1.29 is 14.3 Å². The van der Waals surface area contributed by atoms with Gasteiger partial charge in [0.2, 0.25) is 6.41 Å². The highest BCUT2D eigenvalue weighted by molar-refractivity contribution is 9.10. The van der Waals surface area contributed by atoms with Gasteiger partial charge in [-0.3, -0.25) is 14.6 Å². The Balaban J connectivity index is 0.000000595. The molecule has 0 atom stereocenters. The van der Waals surface area contributed by atoms with Crippen molar-refractivity contribution in [1.29, 1.82) is 0 Å². The molecule has 3 rings (SSSR count). The molecule has 0 aliphatic rings. The van der Waals surface area contributed by atoms with Crippen LogP contribution in [-0.2, 0) is 4.79 Å². The summed E-state index contributed by atoms with van der Waals surface area (Å²) in [6.45, 7) is 1.56. The molecule has 0 fully saturated rings. The molecule has 2 heterocycles. The summed E-state index contributed by atoms with van der Waals surface area (Å²) < 4.78 is 7.80. The number of hydrogen-bond acceptors (Lipinski definition) is 5. The number of amides is 1. The minimum atomic E-state index is 0.0563. The summed E-state index contributed by atoms with van der Waals surface area (Å²) >= 11 is 4.82. The minimum Gasteiger partial charge on any atom is -0.455 e. The van der Waals surface area contributed by atoms with E-state index < -0.39 is 0 Å². The highest BCUT2D eigenvalue weighted by Gasteiger charge is 2.11. The highest BCUT2D eigenvalue weighted by atomic mass is 79.9. The van der Waals surface area contributed by atoms with Crippen LogP contribution >= 0.6 is 27.3 Å². The molecular formula is C16H13BrN2O3S. The van der Waals surface area contributed by atoms with E-state index in [0.717, 1.165) is 20.3 Å². The first-order chi connectivity index (χ1) is 11.0. The standard InChI is InChI=1S/C15H10BrNO2S.CH3NO/c1-9(18)14-6-12-13(7-17-8-15(12)20-14)19-11-4-2-10(16)3-5-11;2-1-3/h2-8H,1H3;1H,(H2,2,3). The van der Waals surface area contributed by atoms with Crippen molar-refractivity contribution >= 4 is 49.5 Å². The Labute approximate surface area is 145 Å². The molecule has 118 valence electrons. The lowest BCUT2D eigenvalue weighted by atomic mass is 10.2. The first-order valence-electron chi connectivity index (χ1n) is 6.52. The number of aromatic nitrogens is 1. The topological polar surface area (TPSA) is 82.3 Å². The zero-order chi connectivity index (χ0) is 16.8. The maximum atomic E-state index is 11.5. The summed E-state index contributed by atoms with van der Waals surface area (Å²) in [5.41, 5.74) is 4.17. The maximum absolute atomic E-state index is 11.5. The monoisotopic (exact) mass is 392 g/mol. The van der Waals surface area contributed by atoms with Gasteiger partial charge < -0.3 is 10.5 Å². The van der Waals surface area contributed by atoms with Gasteiger partial charge in [-0.1, -0.05) is 15.9 Å². The van der Waals surface area contributed by atoms with Crippen LogP contribution in [-0.4, -0.2) is 17.2 Å². The average Bonchev–Trinajstić information content (AvgIpc) is 2.96. The van der Waals surface area contributed by atoms with Crippen molar-refractivity contribution in [3.05, 3.63) is 52.1 Å². The largest absolute Gasteiger partial charge is 0.455 e. The minimum absolute atomic E-state index is 0.0563. The normalized spacial score (nSPS) is 9.83. The number of rotatable bonds is 3. The molecule has 0 aliphatic heterocycles. The summed E-state index contributed by atoms with van der Waals surface area (Å²) in [5, 5.41) is 0.915. The molecule has 0 radical (unpaired) electrons. The lowest BCUT2D eigenvalue weighted by molar-refractivity contribution is -0.106. The molecule has 1 aromatic carbocycles. The van der Waals surface area contributed by atoms with E-state index in [-0.39, 0.29) is 12.2 Å². The Bertz CT molecular complexity index is 831. The first kappa shape index (κ1) is 17.1. The molecule has 0 bridgehead atoms. The van der Waals surface area contributed by atoms with E-state index in [1.54, 1.807) is 19.3 Å². The number of ketones is 1. The van der Waals surface area contributed by atoms with Gasteiger partial charge in [0.25, 0.3) is 0 Å². The number of benzene rings is 1. The molecule has 0 spiro atoms. The second-order valence-electron chi connectivity index (χ2n) is 4.41. The number of fused-ring (bicyclic) bond motifs is 1. The Kier molecular flexibility index (Phi) is 5.84. The molecule has 5 nitrogen and oxygen atoms in total. The lowest BCUT2D eigenvalue weighted by Crippen LogP contribution is -1.86. The van der Waals surface area contributed by atoms with E-state index in [0.29, 0.717) is 10.6 Å². The van der Waals surface area contributed by atoms with E-state index in [9.17, 15) is 4.79 Å². The summed E-state index contributed by atoms with van der Waals surface area (Å²) in [6.07, 6.45) is 3.67. The summed E-state index contributed by atoms with van der Waals surface area (Å²) in [6, 6.07) is 9.44. The average molecular weight is 393 g/mol. The molecule has 3 aromatic rings. The quantitative estimate of drug-likeness (QED) is 0.535. The van der Waals surface area contributed by atoms with Crippen molar-refractivity contribution in [2.75, 3.05) is 0 Å². The van der Waals surface area contributed by atoms with E-state index in [2.05, 4.69) is 26.6 Å². The van der Waals surface area contributed by atoms with Crippen LogP contribution in [0.5, 0.6) is 11.5 Å². The van der Waals surface area contributed by atoms with Gasteiger partial charge in [-0.25, -0.2) is 0 Å². The first-order valence-corrected chi connectivity index (χ1v) is 8.13. The van der Waals surface area contributed by atoms with E-state index >= 15 is 0 Å². The van der Waals surface area contributed by atoms with Crippen molar-refractivity contribution in [3.63, 3.8) is 0 Å². The van der Waals surface area contributed by atoms with Crippen molar-refractivity contribution in [2.24, 2.45) is 5.73 Å². The third kappa shape index (κ3) is 4.37. The number of thiophene rings is 1. The number of primary amides is 1. The van der Waals surface area contributed by atoms with Crippen LogP contribution in [0.25, 0.3) is 10.1 Å². The van der Waals surface area contributed by atoms with Gasteiger partial charge in [-0.15, -0.1) is 11.3 Å². The Hall–Kier alpha value is -2.25. The molecule has 0 saturated heterocycles. The summed E-state index contributed by atoms with van der Waals surface area (Å²) in [4.78, 5) is 24.9. The molecule has 23 heavy (non-hydrogen) atoms. The van der Waals surface area contributed by atoms with Crippen molar-refractivity contribution in [1.82, 2.24) is 4.98 Å². The van der Waals surface area contributed by atoms with Crippen molar-refractivity contribution in [3.8, 4) is 11.5 Å². The number of nitrogens with two attached hydrogens (primary N) is 1. The number of hydrogen-bond donors (Lipinski definition) is 1. The Morgan fingerprint density at radius 3 is 2.57 bits per heavy atom. The van der Waals surface area contributed by atoms with Crippen molar-refractivity contribution in [2.45, 2.75) is 6.92 Å². The number of Topliss-reactive ketones (excluding diaryl/α,β-unsaturated/α-hetero) is 1. The predicted molar refractivity (Wildman–Crippen MR) is 94.1 cm³/mol. The second kappa shape index (κ2) is 7.85. The number of ether oxygens (including phenoxy) is 1. The van der Waals surface area contributed by atoms with E-state index in [1.807, 2.05) is 30.3 Å². The molecule has 7 heteroatoms. The van der Waals surface area contributed by atoms with Crippen LogP contribution in [0.2, 0.25) is 0 Å². The zero-order valence-electron chi connectivity index (χ0n) is 12.2. The summed E-state index contributed by atoms with van der Waals surface area (Å²) in [5.74, 6) is 1.45. The predicted octanol–water partition coefficient (Wildman–Crippen LogP) is 4.16. The van der Waals surface area contributed by atoms with E-state index in [4.69, 9.17) is 9.53 Å². The number of pyridine rings is 1. The maximum Gasteiger partial charge on any atom is 0.204 e. The van der Waals surface area contributed by atoms with Gasteiger partial charge in [0.15, 0.2) is 11.5 Å². The third-order valence-electron chi connectivity index (χ3n) is 2.80. The van der Waals surface area contributed by atoms with Crippen LogP contribution in [0.4, 0.5) is 0 Å². The van der Waals surface area contributed by atoms with Crippen LogP contribution < -0.4 is 10.5 Å². The molecule has 0 aliphatic carbocycles. The molecule has 0 unspecified atom stereocenters. The van der Waals surface area contributed by atoms with Gasteiger partial charge in [0, 0.05) is 16.1 Å². The van der Waals surface area contributed by atoms with Gasteiger partial charge in [0.05, 0.1) is 15.8 Å². The number of nitrogens with zero attached hydrogens (tertiary/aromatic N) is 1. The van der Waals surface area contributed by atoms with Crippen LogP contribution in [0, 0.1) is 0 Å². The number of carbonyl (C=O) groups is 2. The lowest BCUT2D eigenvalue weighted by Gasteiger charge is -2.06. The number of carbonyl (C=O) groups excluding carboxylic acids is 2. The fourth-order valence-electron chi connectivity index (χ4n) is 1.82. The van der Waals surface area contributed by atoms with Gasteiger partial charge >= 0.3 is 0 Å². The van der Waals surface area contributed by atoms with Crippen LogP contribution in [0.15, 0.2) is 47.2 Å². The fraction of sp³-hybridized carbons (Fsp3) is 0.0625. The number of halogens is 1. The van der Waals surface area contributed by atoms with Gasteiger partial charge in [-0.2, -0.15) is 0 Å². The smallest absolute Gasteiger partial charge is 0.204 e. The molecular weight excluding hydrogens is 380 g/mol. The third-order valence-corrected chi connectivity index (χ3v) is 4.50. The highest BCUT2D eigenvalue weighted by Crippen LogP contribution is 2.34. The Morgan fingerprint density at radius 1 is 1.30 bits per heavy atom. The van der Waals surface area contributed by atoms with E-state index in [1.165, 1.54) is 11.3 Å². The SMILES string of the molecule is CC(=O)c1cc2c(Oc3ccc(Br)cc3)cncc2s1.NC=O. The summed E-state index contributed by atoms with van der Waals surface area (Å²) in [7, 11) is 0. The van der Waals surface area contributed by atoms with Crippen LogP contribution in [0.1, 0.15) is 16.6 Å². The fourth-order valence-corrected chi connectivity index (χ4v) is 3.03. The molecule has 1 amide bonds. The van der Waals surface area contributed by atoms with Crippen LogP contribution in [0.3, 0.4) is 0 Å².